The van der Waals surface area contributed by atoms with E-state index in [0.29, 0.717) is 0 Å². The molecule has 0 bridgehead atoms. The standard InChI is InChI=1S/C17H26N2O/c18-14-17(9-5-1-2-6-10-17)19-11-12-20-16-8-4-3-7-15(16)13-19/h3-4,7-8H,1-2,5-6,9-14,18H2. The normalized spacial score (nSPS) is 23.2. The quantitative estimate of drug-likeness (QED) is 0.843. The second kappa shape index (κ2) is 6.15. The van der Waals surface area contributed by atoms with Crippen LogP contribution in [0.5, 0.6) is 5.75 Å². The molecule has 3 heteroatoms. The van der Waals surface area contributed by atoms with Crippen molar-refractivity contribution in [1.29, 1.82) is 0 Å². The van der Waals surface area contributed by atoms with Gasteiger partial charge < -0.3 is 10.5 Å². The maximum Gasteiger partial charge on any atom is 0.123 e. The fourth-order valence-corrected chi connectivity index (χ4v) is 3.77. The van der Waals surface area contributed by atoms with E-state index >= 15 is 0 Å². The van der Waals surface area contributed by atoms with E-state index < -0.39 is 0 Å². The molecule has 1 aliphatic heterocycles. The summed E-state index contributed by atoms with van der Waals surface area (Å²) in [4.78, 5) is 2.60. The van der Waals surface area contributed by atoms with Crippen LogP contribution in [0.1, 0.15) is 44.1 Å². The first kappa shape index (κ1) is 13.9. The van der Waals surface area contributed by atoms with E-state index in [0.717, 1.165) is 32.0 Å². The first-order chi connectivity index (χ1) is 9.84. The Morgan fingerprint density at radius 3 is 2.60 bits per heavy atom. The maximum absolute atomic E-state index is 6.23. The largest absolute Gasteiger partial charge is 0.492 e. The van der Waals surface area contributed by atoms with Crippen LogP contribution in [0.2, 0.25) is 0 Å². The molecule has 0 radical (unpaired) electrons. The molecule has 0 spiro atoms. The number of benzene rings is 1. The monoisotopic (exact) mass is 274 g/mol. The Kier molecular flexibility index (Phi) is 4.27. The van der Waals surface area contributed by atoms with Gasteiger partial charge in [0.2, 0.25) is 0 Å². The molecular formula is C17H26N2O. The van der Waals surface area contributed by atoms with Crippen molar-refractivity contribution < 1.29 is 4.74 Å². The molecule has 0 amide bonds. The molecule has 2 aliphatic rings. The van der Waals surface area contributed by atoms with Gasteiger partial charge in [-0.2, -0.15) is 0 Å². The maximum atomic E-state index is 6.23. The Hall–Kier alpha value is -1.06. The van der Waals surface area contributed by atoms with Gasteiger partial charge in [-0.15, -0.1) is 0 Å². The fourth-order valence-electron chi connectivity index (χ4n) is 3.77. The topological polar surface area (TPSA) is 38.5 Å². The van der Waals surface area contributed by atoms with Crippen molar-refractivity contribution >= 4 is 0 Å². The van der Waals surface area contributed by atoms with Crippen molar-refractivity contribution in [2.45, 2.75) is 50.6 Å². The van der Waals surface area contributed by atoms with Crippen LogP contribution in [0.15, 0.2) is 24.3 Å². The second-order valence-electron chi connectivity index (χ2n) is 6.22. The van der Waals surface area contributed by atoms with Crippen molar-refractivity contribution in [2.24, 2.45) is 5.73 Å². The molecule has 110 valence electrons. The number of ether oxygens (including phenoxy) is 1. The lowest BCUT2D eigenvalue weighted by Gasteiger charge is -2.42. The summed E-state index contributed by atoms with van der Waals surface area (Å²) in [6.07, 6.45) is 7.84. The predicted octanol–water partition coefficient (Wildman–Crippen LogP) is 2.93. The van der Waals surface area contributed by atoms with Crippen LogP contribution < -0.4 is 10.5 Å². The Morgan fingerprint density at radius 1 is 1.10 bits per heavy atom. The molecule has 0 saturated heterocycles. The number of nitrogens with two attached hydrogens (primary N) is 1. The molecule has 3 rings (SSSR count). The van der Waals surface area contributed by atoms with E-state index in [1.165, 1.54) is 44.1 Å². The van der Waals surface area contributed by atoms with Gasteiger partial charge in [-0.25, -0.2) is 0 Å². The van der Waals surface area contributed by atoms with E-state index in [1.54, 1.807) is 0 Å². The molecule has 1 fully saturated rings. The van der Waals surface area contributed by atoms with Crippen molar-refractivity contribution in [3.63, 3.8) is 0 Å². The summed E-state index contributed by atoms with van der Waals surface area (Å²) in [5.74, 6) is 1.05. The van der Waals surface area contributed by atoms with Crippen LogP contribution in [0.3, 0.4) is 0 Å². The average Bonchev–Trinajstić information content (AvgIpc) is 2.86. The van der Waals surface area contributed by atoms with Gasteiger partial charge >= 0.3 is 0 Å². The molecular weight excluding hydrogens is 248 g/mol. The highest BCUT2D eigenvalue weighted by Crippen LogP contribution is 2.35. The number of hydrogen-bond acceptors (Lipinski definition) is 3. The smallest absolute Gasteiger partial charge is 0.123 e. The lowest BCUT2D eigenvalue weighted by molar-refractivity contribution is 0.0642. The minimum absolute atomic E-state index is 0.192. The number of rotatable bonds is 2. The first-order valence-electron chi connectivity index (χ1n) is 8.00. The molecule has 1 saturated carbocycles. The van der Waals surface area contributed by atoms with Crippen LogP contribution in [0, 0.1) is 0 Å². The Balaban J connectivity index is 1.84. The highest BCUT2D eigenvalue weighted by Gasteiger charge is 2.36. The van der Waals surface area contributed by atoms with Gasteiger partial charge in [0.1, 0.15) is 12.4 Å². The molecule has 20 heavy (non-hydrogen) atoms. The van der Waals surface area contributed by atoms with Crippen molar-refractivity contribution in [1.82, 2.24) is 4.90 Å². The van der Waals surface area contributed by atoms with Gasteiger partial charge in [-0.1, -0.05) is 43.9 Å². The van der Waals surface area contributed by atoms with Crippen LogP contribution in [0.4, 0.5) is 0 Å². The van der Waals surface area contributed by atoms with Crippen LogP contribution in [-0.2, 0) is 6.54 Å². The molecule has 1 heterocycles. The van der Waals surface area contributed by atoms with Crippen LogP contribution >= 0.6 is 0 Å². The summed E-state index contributed by atoms with van der Waals surface area (Å²) in [7, 11) is 0. The van der Waals surface area contributed by atoms with Crippen molar-refractivity contribution in [3.05, 3.63) is 29.8 Å². The number of para-hydroxylation sites is 1. The number of fused-ring (bicyclic) bond motifs is 1. The first-order valence-corrected chi connectivity index (χ1v) is 8.00. The van der Waals surface area contributed by atoms with Crippen molar-refractivity contribution in [3.8, 4) is 5.75 Å². The third kappa shape index (κ3) is 2.70. The Labute approximate surface area is 122 Å². The van der Waals surface area contributed by atoms with Gasteiger partial charge in [0.15, 0.2) is 0 Å². The van der Waals surface area contributed by atoms with Crippen LogP contribution in [0.25, 0.3) is 0 Å². The summed E-state index contributed by atoms with van der Waals surface area (Å²) in [6.45, 7) is 3.52. The zero-order valence-electron chi connectivity index (χ0n) is 12.3. The summed E-state index contributed by atoms with van der Waals surface area (Å²) in [5, 5.41) is 0. The van der Waals surface area contributed by atoms with Crippen LogP contribution in [-0.4, -0.2) is 30.1 Å². The summed E-state index contributed by atoms with van der Waals surface area (Å²) in [5.41, 5.74) is 7.73. The fraction of sp³-hybridized carbons (Fsp3) is 0.647. The number of hydrogen-bond donors (Lipinski definition) is 1. The second-order valence-corrected chi connectivity index (χ2v) is 6.22. The van der Waals surface area contributed by atoms with Crippen molar-refractivity contribution in [2.75, 3.05) is 19.7 Å². The average molecular weight is 274 g/mol. The van der Waals surface area contributed by atoms with Gasteiger partial charge in [0, 0.05) is 30.7 Å². The highest BCUT2D eigenvalue weighted by atomic mass is 16.5. The third-order valence-electron chi connectivity index (χ3n) is 5.04. The number of nitrogens with zero attached hydrogens (tertiary/aromatic N) is 1. The minimum atomic E-state index is 0.192. The molecule has 0 atom stereocenters. The molecule has 3 nitrogen and oxygen atoms in total. The zero-order chi connectivity index (χ0) is 13.8. The summed E-state index contributed by atoms with van der Waals surface area (Å²) >= 11 is 0. The summed E-state index contributed by atoms with van der Waals surface area (Å²) in [6, 6.07) is 8.43. The lowest BCUT2D eigenvalue weighted by Crippen LogP contribution is -2.53. The molecule has 1 aromatic carbocycles. The molecule has 2 N–H and O–H groups in total. The predicted molar refractivity (Wildman–Crippen MR) is 81.8 cm³/mol. The Bertz CT molecular complexity index is 438. The zero-order valence-corrected chi connectivity index (χ0v) is 12.3. The SMILES string of the molecule is NCC1(N2CCOc3ccccc3C2)CCCCCC1. The van der Waals surface area contributed by atoms with E-state index in [-0.39, 0.29) is 5.54 Å². The lowest BCUT2D eigenvalue weighted by atomic mass is 9.87. The Morgan fingerprint density at radius 2 is 1.85 bits per heavy atom. The summed E-state index contributed by atoms with van der Waals surface area (Å²) < 4.78 is 5.91. The van der Waals surface area contributed by atoms with E-state index in [1.807, 2.05) is 0 Å². The van der Waals surface area contributed by atoms with Gasteiger partial charge in [0.25, 0.3) is 0 Å². The molecule has 1 aromatic rings. The molecule has 1 aliphatic carbocycles. The molecule has 0 unspecified atom stereocenters. The molecule has 0 aromatic heterocycles. The van der Waals surface area contributed by atoms with E-state index in [2.05, 4.69) is 29.2 Å². The van der Waals surface area contributed by atoms with E-state index in [9.17, 15) is 0 Å². The van der Waals surface area contributed by atoms with Gasteiger partial charge in [-0.05, 0) is 18.9 Å². The third-order valence-corrected chi connectivity index (χ3v) is 5.04. The van der Waals surface area contributed by atoms with Gasteiger partial charge in [-0.3, -0.25) is 4.90 Å². The minimum Gasteiger partial charge on any atom is -0.492 e. The highest BCUT2D eigenvalue weighted by molar-refractivity contribution is 5.34. The van der Waals surface area contributed by atoms with Gasteiger partial charge in [0.05, 0.1) is 0 Å². The van der Waals surface area contributed by atoms with E-state index in [4.69, 9.17) is 10.5 Å².